The number of nitrogen functional groups attached to an aromatic ring is 1. The number of carbonyl (C=O) groups is 2. The Balaban J connectivity index is 2.36. The van der Waals surface area contributed by atoms with Gasteiger partial charge in [0.05, 0.1) is 18.4 Å². The van der Waals surface area contributed by atoms with Crippen LogP contribution in [0.5, 0.6) is 0 Å². The van der Waals surface area contributed by atoms with Crippen LogP contribution in [0.25, 0.3) is 0 Å². The first-order valence-electron chi connectivity index (χ1n) is 6.04. The smallest absolute Gasteiger partial charge is 0.243 e. The van der Waals surface area contributed by atoms with Crippen LogP contribution in [0.3, 0.4) is 0 Å². The van der Waals surface area contributed by atoms with Gasteiger partial charge < -0.3 is 16.4 Å². The van der Waals surface area contributed by atoms with E-state index in [1.165, 1.54) is 6.20 Å². The number of anilines is 2. The lowest BCUT2D eigenvalue weighted by Crippen LogP contribution is -2.34. The number of hydrogen-bond acceptors (Lipinski definition) is 4. The highest BCUT2D eigenvalue weighted by Gasteiger charge is 2.16. The molecular weight excluding hydrogens is 244 g/mol. The molecule has 0 saturated carbocycles. The second-order valence-corrected chi connectivity index (χ2v) is 5.53. The maximum atomic E-state index is 11.6. The first-order valence-corrected chi connectivity index (χ1v) is 6.04. The maximum absolute atomic E-state index is 11.6. The van der Waals surface area contributed by atoms with Crippen molar-refractivity contribution in [3.05, 3.63) is 18.3 Å². The molecule has 1 aromatic heterocycles. The second-order valence-electron chi connectivity index (χ2n) is 5.53. The van der Waals surface area contributed by atoms with Crippen molar-refractivity contribution < 1.29 is 9.59 Å². The van der Waals surface area contributed by atoms with Gasteiger partial charge in [-0.05, 0) is 17.5 Å². The minimum absolute atomic E-state index is 0.0563. The van der Waals surface area contributed by atoms with E-state index in [2.05, 4.69) is 15.6 Å². The van der Waals surface area contributed by atoms with E-state index in [-0.39, 0.29) is 23.8 Å². The average molecular weight is 264 g/mol. The van der Waals surface area contributed by atoms with Crippen molar-refractivity contribution in [3.63, 3.8) is 0 Å². The number of hydrogen-bond donors (Lipinski definition) is 3. The molecule has 104 valence electrons. The fraction of sp³-hybridized carbons (Fsp3) is 0.462. The molecule has 0 fully saturated rings. The maximum Gasteiger partial charge on any atom is 0.243 e. The molecule has 19 heavy (non-hydrogen) atoms. The van der Waals surface area contributed by atoms with Crippen molar-refractivity contribution in [2.75, 3.05) is 17.6 Å². The Kier molecular flexibility index (Phi) is 4.86. The van der Waals surface area contributed by atoms with E-state index in [0.717, 1.165) is 0 Å². The molecule has 0 spiro atoms. The number of carbonyl (C=O) groups excluding carboxylic acids is 2. The van der Waals surface area contributed by atoms with E-state index in [1.54, 1.807) is 12.1 Å². The van der Waals surface area contributed by atoms with E-state index in [0.29, 0.717) is 17.9 Å². The van der Waals surface area contributed by atoms with Gasteiger partial charge in [-0.2, -0.15) is 0 Å². The van der Waals surface area contributed by atoms with Gasteiger partial charge in [0.2, 0.25) is 11.8 Å². The van der Waals surface area contributed by atoms with Crippen LogP contribution in [0.2, 0.25) is 0 Å². The van der Waals surface area contributed by atoms with Gasteiger partial charge in [-0.15, -0.1) is 0 Å². The molecule has 1 aromatic rings. The predicted molar refractivity (Wildman–Crippen MR) is 74.4 cm³/mol. The highest BCUT2D eigenvalue weighted by atomic mass is 16.2. The van der Waals surface area contributed by atoms with Crippen molar-refractivity contribution in [1.82, 2.24) is 10.3 Å². The number of nitrogens with zero attached hydrogens (tertiary/aromatic N) is 1. The Morgan fingerprint density at radius 3 is 2.47 bits per heavy atom. The van der Waals surface area contributed by atoms with E-state index in [9.17, 15) is 9.59 Å². The summed E-state index contributed by atoms with van der Waals surface area (Å²) in [4.78, 5) is 27.0. The quantitative estimate of drug-likeness (QED) is 0.760. The number of nitrogens with two attached hydrogens (primary N) is 1. The third kappa shape index (κ3) is 6.40. The summed E-state index contributed by atoms with van der Waals surface area (Å²) < 4.78 is 0. The zero-order valence-corrected chi connectivity index (χ0v) is 11.5. The SMILES string of the molecule is CC(C)(C)CC(=O)NCC(=O)Nc1ccc(N)nc1. The fourth-order valence-corrected chi connectivity index (χ4v) is 1.41. The largest absolute Gasteiger partial charge is 0.384 e. The first-order chi connectivity index (χ1) is 8.76. The van der Waals surface area contributed by atoms with Crippen molar-refractivity contribution in [2.24, 2.45) is 5.41 Å². The lowest BCUT2D eigenvalue weighted by atomic mass is 9.92. The van der Waals surface area contributed by atoms with Crippen molar-refractivity contribution in [2.45, 2.75) is 27.2 Å². The summed E-state index contributed by atoms with van der Waals surface area (Å²) in [5.74, 6) is -0.0524. The third-order valence-electron chi connectivity index (χ3n) is 2.21. The summed E-state index contributed by atoms with van der Waals surface area (Å²) in [6, 6.07) is 3.24. The molecule has 1 heterocycles. The summed E-state index contributed by atoms with van der Waals surface area (Å²) in [5, 5.41) is 5.19. The molecule has 0 atom stereocenters. The average Bonchev–Trinajstić information content (AvgIpc) is 2.27. The number of nitrogens with one attached hydrogen (secondary N) is 2. The Hall–Kier alpha value is -2.11. The number of pyridine rings is 1. The summed E-state index contributed by atoms with van der Waals surface area (Å²) >= 11 is 0. The third-order valence-corrected chi connectivity index (χ3v) is 2.21. The summed E-state index contributed by atoms with van der Waals surface area (Å²) in [7, 11) is 0. The van der Waals surface area contributed by atoms with Crippen LogP contribution in [0, 0.1) is 5.41 Å². The molecule has 0 aliphatic carbocycles. The van der Waals surface area contributed by atoms with E-state index >= 15 is 0 Å². The van der Waals surface area contributed by atoms with Gasteiger partial charge in [0.15, 0.2) is 0 Å². The minimum Gasteiger partial charge on any atom is -0.384 e. The van der Waals surface area contributed by atoms with Gasteiger partial charge in [-0.1, -0.05) is 20.8 Å². The Morgan fingerprint density at radius 2 is 1.95 bits per heavy atom. The van der Waals surface area contributed by atoms with Crippen LogP contribution in [0.4, 0.5) is 11.5 Å². The Labute approximate surface area is 112 Å². The first kappa shape index (κ1) is 14.9. The Morgan fingerprint density at radius 1 is 1.26 bits per heavy atom. The van der Waals surface area contributed by atoms with Gasteiger partial charge in [0, 0.05) is 6.42 Å². The molecule has 0 radical (unpaired) electrons. The summed E-state index contributed by atoms with van der Waals surface area (Å²) in [6.07, 6.45) is 1.84. The molecule has 0 aliphatic rings. The summed E-state index contributed by atoms with van der Waals surface area (Å²) in [5.41, 5.74) is 5.88. The molecule has 6 nitrogen and oxygen atoms in total. The lowest BCUT2D eigenvalue weighted by molar-refractivity contribution is -0.125. The van der Waals surface area contributed by atoms with Crippen molar-refractivity contribution in [3.8, 4) is 0 Å². The van der Waals surface area contributed by atoms with Crippen LogP contribution >= 0.6 is 0 Å². The minimum atomic E-state index is -0.297. The highest BCUT2D eigenvalue weighted by Crippen LogP contribution is 2.17. The van der Waals surface area contributed by atoms with Gasteiger partial charge in [-0.3, -0.25) is 9.59 Å². The van der Waals surface area contributed by atoms with Crippen molar-refractivity contribution >= 4 is 23.3 Å². The monoisotopic (exact) mass is 264 g/mol. The zero-order chi connectivity index (χ0) is 14.5. The predicted octanol–water partition coefficient (Wildman–Crippen LogP) is 1.15. The molecule has 6 heteroatoms. The van der Waals surface area contributed by atoms with E-state index in [4.69, 9.17) is 5.73 Å². The number of rotatable bonds is 4. The molecule has 0 saturated heterocycles. The standard InChI is InChI=1S/C13H20N4O2/c1-13(2,3)6-11(18)16-8-12(19)17-9-4-5-10(14)15-7-9/h4-5,7H,6,8H2,1-3H3,(H2,14,15)(H,16,18)(H,17,19). The molecule has 1 rings (SSSR count). The molecule has 0 aliphatic heterocycles. The van der Waals surface area contributed by atoms with Crippen LogP contribution in [0.1, 0.15) is 27.2 Å². The van der Waals surface area contributed by atoms with Crippen LogP contribution in [-0.2, 0) is 9.59 Å². The van der Waals surface area contributed by atoms with Crippen LogP contribution in [0.15, 0.2) is 18.3 Å². The zero-order valence-electron chi connectivity index (χ0n) is 11.5. The molecule has 2 amide bonds. The van der Waals surface area contributed by atoms with Gasteiger partial charge in [-0.25, -0.2) is 4.98 Å². The Bertz CT molecular complexity index is 449. The van der Waals surface area contributed by atoms with Gasteiger partial charge >= 0.3 is 0 Å². The lowest BCUT2D eigenvalue weighted by Gasteiger charge is -2.17. The van der Waals surface area contributed by atoms with Crippen molar-refractivity contribution in [1.29, 1.82) is 0 Å². The van der Waals surface area contributed by atoms with Gasteiger partial charge in [0.25, 0.3) is 0 Å². The molecule has 0 bridgehead atoms. The molecule has 0 aromatic carbocycles. The topological polar surface area (TPSA) is 97.1 Å². The highest BCUT2D eigenvalue weighted by molar-refractivity contribution is 5.94. The number of aromatic nitrogens is 1. The van der Waals surface area contributed by atoms with E-state index in [1.807, 2.05) is 20.8 Å². The molecular formula is C13H20N4O2. The summed E-state index contributed by atoms with van der Waals surface area (Å²) in [6.45, 7) is 5.84. The van der Waals surface area contributed by atoms with Crippen LogP contribution in [-0.4, -0.2) is 23.3 Å². The van der Waals surface area contributed by atoms with E-state index < -0.39 is 0 Å². The normalized spacial score (nSPS) is 10.9. The molecule has 0 unspecified atom stereocenters. The molecule has 4 N–H and O–H groups in total. The fourth-order valence-electron chi connectivity index (χ4n) is 1.41. The number of amides is 2. The van der Waals surface area contributed by atoms with Crippen LogP contribution < -0.4 is 16.4 Å². The second kappa shape index (κ2) is 6.17. The van der Waals surface area contributed by atoms with Gasteiger partial charge in [0.1, 0.15) is 5.82 Å².